The zero-order valence-corrected chi connectivity index (χ0v) is 34.4. The Kier molecular flexibility index (Phi) is 12.4. The maximum Gasteiger partial charge on any atom is 0.337 e. The molecule has 2 atom stereocenters. The average molecular weight is 763 g/mol. The fourth-order valence-electron chi connectivity index (χ4n) is 8.37. The van der Waals surface area contributed by atoms with E-state index in [9.17, 15) is 19.8 Å². The first kappa shape index (κ1) is 41.0. The van der Waals surface area contributed by atoms with Crippen LogP contribution in [0, 0.1) is 13.8 Å². The van der Waals surface area contributed by atoms with Crippen LogP contribution >= 0.6 is 0 Å². The Morgan fingerprint density at radius 2 is 1.12 bits per heavy atom. The number of aliphatic carboxylic acids is 2. The summed E-state index contributed by atoms with van der Waals surface area (Å²) < 4.78 is 17.8. The van der Waals surface area contributed by atoms with Crippen LogP contribution in [0.2, 0.25) is 0 Å². The van der Waals surface area contributed by atoms with Crippen molar-refractivity contribution in [2.45, 2.75) is 143 Å². The van der Waals surface area contributed by atoms with Crippen molar-refractivity contribution in [3.63, 3.8) is 0 Å². The van der Waals surface area contributed by atoms with E-state index in [-0.39, 0.29) is 0 Å². The number of carbonyl (C=O) groups is 2. The molecule has 3 aliphatic rings. The van der Waals surface area contributed by atoms with Gasteiger partial charge < -0.3 is 24.4 Å². The van der Waals surface area contributed by atoms with Crippen LogP contribution in [0.4, 0.5) is 0 Å². The molecule has 0 bridgehead atoms. The predicted octanol–water partition coefficient (Wildman–Crippen LogP) is 10.1. The van der Waals surface area contributed by atoms with Crippen molar-refractivity contribution in [2.75, 3.05) is 6.61 Å². The first-order valence-corrected chi connectivity index (χ1v) is 20.2. The molecule has 0 spiro atoms. The Balaban J connectivity index is 0.000000192. The van der Waals surface area contributed by atoms with Crippen molar-refractivity contribution in [1.29, 1.82) is 0 Å². The van der Waals surface area contributed by atoms with Gasteiger partial charge in [-0.25, -0.2) is 9.59 Å². The van der Waals surface area contributed by atoms with Crippen molar-refractivity contribution in [3.05, 3.63) is 99.1 Å². The van der Waals surface area contributed by atoms with Crippen molar-refractivity contribution in [2.24, 2.45) is 0 Å². The minimum Gasteiger partial charge on any atom is -0.493 e. The highest BCUT2D eigenvalue weighted by Crippen LogP contribution is 2.43. The van der Waals surface area contributed by atoms with Gasteiger partial charge in [0.1, 0.15) is 5.75 Å². The number of fused-ring (bicyclic) bond motifs is 3. The van der Waals surface area contributed by atoms with E-state index in [1.165, 1.54) is 16.7 Å². The molecule has 2 aromatic carbocycles. The number of ether oxygens (including phenoxy) is 3. The van der Waals surface area contributed by atoms with Gasteiger partial charge in [0.2, 0.25) is 0 Å². The van der Waals surface area contributed by atoms with Crippen LogP contribution in [0.3, 0.4) is 0 Å². The summed E-state index contributed by atoms with van der Waals surface area (Å²) in [5.74, 6) is -1.02. The third kappa shape index (κ3) is 9.32. The van der Waals surface area contributed by atoms with Gasteiger partial charge in [-0.15, -0.1) is 0 Å². The summed E-state index contributed by atoms with van der Waals surface area (Å²) in [7, 11) is 0. The highest BCUT2D eigenvalue weighted by Gasteiger charge is 2.35. The monoisotopic (exact) mass is 762 g/mol. The summed E-state index contributed by atoms with van der Waals surface area (Å²) in [4.78, 5) is 34.1. The van der Waals surface area contributed by atoms with Crippen molar-refractivity contribution in [3.8, 4) is 28.0 Å². The molecule has 0 fully saturated rings. The maximum atomic E-state index is 12.3. The molecule has 2 unspecified atom stereocenters. The topological polar surface area (TPSA) is 128 Å². The van der Waals surface area contributed by atoms with E-state index in [0.29, 0.717) is 11.1 Å². The molecule has 0 amide bonds. The van der Waals surface area contributed by atoms with Crippen molar-refractivity contribution < 1.29 is 34.0 Å². The Bertz CT molecular complexity index is 2080. The molecular formula is C47H58N2O7. The normalized spacial score (nSPS) is 16.2. The van der Waals surface area contributed by atoms with Crippen LogP contribution < -0.4 is 4.74 Å². The quantitative estimate of drug-likeness (QED) is 0.180. The Morgan fingerprint density at radius 3 is 1.61 bits per heavy atom. The van der Waals surface area contributed by atoms with Gasteiger partial charge in [0.25, 0.3) is 0 Å². The molecule has 9 nitrogen and oxygen atoms in total. The smallest absolute Gasteiger partial charge is 0.337 e. The van der Waals surface area contributed by atoms with Crippen molar-refractivity contribution >= 4 is 11.9 Å². The standard InChI is InChI=1S/C25H31NO4.C22H27NO3/c1-15-21(23(24(27)28)30-25(2,3)4)22(18-9-5-6-10-19(18)26-15)17-11-12-20-16(14-17)8-7-13-29-20;1-14-18(20(21(24)25)26-22(2,3)4)19(15-10-6-5-7-11-15)16-12-8-9-13-17(16)23-14/h11-12,14,23H,5-10,13H2,1-4H3,(H,27,28);5-7,10-11,20H,8-9,12-13H2,1-4H3,(H,24,25). The van der Waals surface area contributed by atoms with Gasteiger partial charge in [0.15, 0.2) is 12.2 Å². The lowest BCUT2D eigenvalue weighted by molar-refractivity contribution is -0.161. The highest BCUT2D eigenvalue weighted by atomic mass is 16.5. The number of benzene rings is 2. The maximum absolute atomic E-state index is 12.3. The van der Waals surface area contributed by atoms with E-state index < -0.39 is 35.3 Å². The molecule has 298 valence electrons. The largest absolute Gasteiger partial charge is 0.493 e. The minimum atomic E-state index is -1.06. The fraction of sp³-hybridized carbons (Fsp3) is 0.489. The van der Waals surface area contributed by atoms with Crippen LogP contribution in [0.15, 0.2) is 48.5 Å². The molecule has 0 radical (unpaired) electrons. The number of carboxylic acids is 2. The van der Waals surface area contributed by atoms with E-state index in [1.54, 1.807) is 0 Å². The number of pyridine rings is 2. The van der Waals surface area contributed by atoms with Gasteiger partial charge in [-0.05, 0) is 171 Å². The second kappa shape index (κ2) is 16.9. The second-order valence-electron chi connectivity index (χ2n) is 17.3. The number of hydrogen-bond acceptors (Lipinski definition) is 7. The van der Waals surface area contributed by atoms with Gasteiger partial charge in [0.05, 0.1) is 17.8 Å². The molecular weight excluding hydrogens is 705 g/mol. The Morgan fingerprint density at radius 1 is 0.643 bits per heavy atom. The van der Waals surface area contributed by atoms with Gasteiger partial charge in [-0.3, -0.25) is 9.97 Å². The highest BCUT2D eigenvalue weighted by molar-refractivity contribution is 5.84. The zero-order valence-electron chi connectivity index (χ0n) is 34.4. The number of aryl methyl sites for hydroxylation is 5. The molecule has 2 aliphatic carbocycles. The fourth-order valence-corrected chi connectivity index (χ4v) is 8.37. The summed E-state index contributed by atoms with van der Waals surface area (Å²) >= 11 is 0. The molecule has 0 saturated carbocycles. The van der Waals surface area contributed by atoms with Crippen LogP contribution in [0.1, 0.15) is 136 Å². The SMILES string of the molecule is Cc1nc2c(c(-c3ccc4c(c3)CCCO4)c1C(OC(C)(C)C)C(=O)O)CCCC2.Cc1nc2c(c(-c3ccccc3)c1C(OC(C)(C)C)C(=O)O)CCCC2. The lowest BCUT2D eigenvalue weighted by atomic mass is 9.83. The molecule has 56 heavy (non-hydrogen) atoms. The summed E-state index contributed by atoms with van der Waals surface area (Å²) in [6.45, 7) is 15.9. The Labute approximate surface area is 331 Å². The zero-order chi connectivity index (χ0) is 40.4. The van der Waals surface area contributed by atoms with Gasteiger partial charge in [-0.1, -0.05) is 36.4 Å². The van der Waals surface area contributed by atoms with E-state index in [4.69, 9.17) is 24.2 Å². The third-order valence-electron chi connectivity index (χ3n) is 10.6. The number of nitrogens with zero attached hydrogens (tertiary/aromatic N) is 2. The van der Waals surface area contributed by atoms with E-state index in [2.05, 4.69) is 12.1 Å². The molecule has 7 rings (SSSR count). The third-order valence-corrected chi connectivity index (χ3v) is 10.6. The summed E-state index contributed by atoms with van der Waals surface area (Å²) in [5.41, 5.74) is 11.6. The van der Waals surface area contributed by atoms with Crippen LogP contribution in [-0.2, 0) is 51.2 Å². The van der Waals surface area contributed by atoms with E-state index in [1.807, 2.05) is 91.8 Å². The van der Waals surface area contributed by atoms with E-state index in [0.717, 1.165) is 122 Å². The Hall–Kier alpha value is -4.60. The molecule has 2 aromatic heterocycles. The molecule has 3 heterocycles. The summed E-state index contributed by atoms with van der Waals surface area (Å²) in [6, 6.07) is 16.3. The summed E-state index contributed by atoms with van der Waals surface area (Å²) in [5, 5.41) is 20.0. The molecule has 4 aromatic rings. The first-order chi connectivity index (χ1) is 26.5. The second-order valence-corrected chi connectivity index (χ2v) is 17.3. The molecule has 0 saturated heterocycles. The lowest BCUT2D eigenvalue weighted by Gasteiger charge is -2.30. The minimum absolute atomic E-state index is 0.570. The van der Waals surface area contributed by atoms with Gasteiger partial charge in [-0.2, -0.15) is 0 Å². The van der Waals surface area contributed by atoms with Gasteiger partial charge >= 0.3 is 11.9 Å². The molecule has 9 heteroatoms. The number of hydrogen-bond donors (Lipinski definition) is 2. The van der Waals surface area contributed by atoms with E-state index >= 15 is 0 Å². The number of rotatable bonds is 8. The average Bonchev–Trinajstić information content (AvgIpc) is 3.14. The molecule has 1 aliphatic heterocycles. The first-order valence-electron chi connectivity index (χ1n) is 20.2. The predicted molar refractivity (Wildman–Crippen MR) is 218 cm³/mol. The van der Waals surface area contributed by atoms with Crippen LogP contribution in [-0.4, -0.2) is 49.9 Å². The van der Waals surface area contributed by atoms with Crippen LogP contribution in [0.5, 0.6) is 5.75 Å². The lowest BCUT2D eigenvalue weighted by Crippen LogP contribution is -2.29. The van der Waals surface area contributed by atoms with Crippen molar-refractivity contribution in [1.82, 2.24) is 9.97 Å². The summed E-state index contributed by atoms with van der Waals surface area (Å²) in [6.07, 6.45) is 8.08. The molecule has 2 N–H and O–H groups in total. The van der Waals surface area contributed by atoms with Gasteiger partial charge in [0, 0.05) is 33.9 Å². The number of aromatic nitrogens is 2. The van der Waals surface area contributed by atoms with Crippen LogP contribution in [0.25, 0.3) is 22.3 Å². The number of carboxylic acid groups (broad SMARTS) is 2.